The van der Waals surface area contributed by atoms with E-state index in [1.807, 2.05) is 0 Å². The minimum absolute atomic E-state index is 0.0473. The highest BCUT2D eigenvalue weighted by Crippen LogP contribution is 2.29. The predicted octanol–water partition coefficient (Wildman–Crippen LogP) is 3.93. The Kier molecular flexibility index (Phi) is 4.41. The molecule has 1 aromatic carbocycles. The lowest BCUT2D eigenvalue weighted by atomic mass is 9.94. The van der Waals surface area contributed by atoms with E-state index in [0.29, 0.717) is 12.0 Å². The van der Waals surface area contributed by atoms with Crippen LogP contribution in [0.5, 0.6) is 0 Å². The first-order chi connectivity index (χ1) is 8.16. The third kappa shape index (κ3) is 3.43. The summed E-state index contributed by atoms with van der Waals surface area (Å²) in [5.41, 5.74) is 6.74. The minimum Gasteiger partial charge on any atom is -0.327 e. The zero-order valence-corrected chi connectivity index (χ0v) is 10.7. The van der Waals surface area contributed by atoms with Crippen LogP contribution in [0.2, 0.25) is 5.02 Å². The average Bonchev–Trinajstić information content (AvgIpc) is 2.77. The largest absolute Gasteiger partial charge is 0.327 e. The Morgan fingerprint density at radius 2 is 2.06 bits per heavy atom. The van der Waals surface area contributed by atoms with Crippen molar-refractivity contribution < 1.29 is 4.39 Å². The van der Waals surface area contributed by atoms with Gasteiger partial charge in [-0.15, -0.1) is 0 Å². The van der Waals surface area contributed by atoms with E-state index in [2.05, 4.69) is 0 Å². The van der Waals surface area contributed by atoms with Crippen LogP contribution >= 0.6 is 11.6 Å². The second-order valence-corrected chi connectivity index (χ2v) is 5.47. The van der Waals surface area contributed by atoms with Gasteiger partial charge in [0.15, 0.2) is 0 Å². The van der Waals surface area contributed by atoms with Crippen molar-refractivity contribution in [3.05, 3.63) is 34.6 Å². The first kappa shape index (κ1) is 12.8. The fraction of sp³-hybridized carbons (Fsp3) is 0.571. The Balaban J connectivity index is 1.93. The summed E-state index contributed by atoms with van der Waals surface area (Å²) in [5, 5.41) is 0.190. The molecule has 0 saturated heterocycles. The van der Waals surface area contributed by atoms with E-state index in [4.69, 9.17) is 17.3 Å². The molecule has 1 fully saturated rings. The number of benzene rings is 1. The van der Waals surface area contributed by atoms with Crippen molar-refractivity contribution in [3.63, 3.8) is 0 Å². The normalized spacial score (nSPS) is 18.5. The minimum atomic E-state index is -0.309. The molecule has 0 amide bonds. The lowest BCUT2D eigenvalue weighted by Crippen LogP contribution is -2.25. The SMILES string of the molecule is NC(Cc1cccc(Cl)c1F)CC1CCCC1. The molecule has 94 valence electrons. The summed E-state index contributed by atoms with van der Waals surface area (Å²) in [5.74, 6) is 0.434. The first-order valence-corrected chi connectivity index (χ1v) is 6.73. The third-order valence-electron chi connectivity index (χ3n) is 3.62. The standard InChI is InChI=1S/C14H19ClFN/c15-13-7-3-6-11(14(13)16)9-12(17)8-10-4-1-2-5-10/h3,6-7,10,12H,1-2,4-5,8-9,17H2. The van der Waals surface area contributed by atoms with Crippen molar-refractivity contribution in [1.82, 2.24) is 0 Å². The van der Waals surface area contributed by atoms with Crippen molar-refractivity contribution in [2.45, 2.75) is 44.6 Å². The highest BCUT2D eigenvalue weighted by Gasteiger charge is 2.19. The molecule has 1 atom stereocenters. The molecule has 1 aliphatic carbocycles. The van der Waals surface area contributed by atoms with Crippen LogP contribution < -0.4 is 5.73 Å². The summed E-state index contributed by atoms with van der Waals surface area (Å²) in [6.45, 7) is 0. The van der Waals surface area contributed by atoms with Gasteiger partial charge in [0.25, 0.3) is 0 Å². The summed E-state index contributed by atoms with van der Waals surface area (Å²) in [6.07, 6.45) is 6.80. The van der Waals surface area contributed by atoms with Gasteiger partial charge in [-0.05, 0) is 30.4 Å². The highest BCUT2D eigenvalue weighted by atomic mass is 35.5. The van der Waals surface area contributed by atoms with E-state index >= 15 is 0 Å². The van der Waals surface area contributed by atoms with E-state index in [-0.39, 0.29) is 16.9 Å². The maximum atomic E-state index is 13.7. The molecule has 1 saturated carbocycles. The molecule has 1 nitrogen and oxygen atoms in total. The molecule has 1 unspecified atom stereocenters. The van der Waals surface area contributed by atoms with Crippen LogP contribution in [0.25, 0.3) is 0 Å². The van der Waals surface area contributed by atoms with Gasteiger partial charge in [-0.1, -0.05) is 49.4 Å². The molecular weight excluding hydrogens is 237 g/mol. The number of hydrogen-bond acceptors (Lipinski definition) is 1. The zero-order valence-electron chi connectivity index (χ0n) is 9.96. The number of hydrogen-bond donors (Lipinski definition) is 1. The van der Waals surface area contributed by atoms with E-state index in [1.54, 1.807) is 18.2 Å². The number of nitrogens with two attached hydrogens (primary N) is 1. The van der Waals surface area contributed by atoms with Gasteiger partial charge in [0, 0.05) is 6.04 Å². The lowest BCUT2D eigenvalue weighted by molar-refractivity contribution is 0.436. The topological polar surface area (TPSA) is 26.0 Å². The van der Waals surface area contributed by atoms with Gasteiger partial charge >= 0.3 is 0 Å². The fourth-order valence-electron chi connectivity index (χ4n) is 2.75. The van der Waals surface area contributed by atoms with Crippen LogP contribution in [-0.4, -0.2) is 6.04 Å². The maximum Gasteiger partial charge on any atom is 0.145 e. The van der Waals surface area contributed by atoms with Crippen LogP contribution in [0.15, 0.2) is 18.2 Å². The summed E-state index contributed by atoms with van der Waals surface area (Å²) in [7, 11) is 0. The lowest BCUT2D eigenvalue weighted by Gasteiger charge is -2.16. The zero-order chi connectivity index (χ0) is 12.3. The highest BCUT2D eigenvalue weighted by molar-refractivity contribution is 6.30. The van der Waals surface area contributed by atoms with Crippen LogP contribution in [0, 0.1) is 11.7 Å². The molecule has 0 radical (unpaired) electrons. The number of rotatable bonds is 4. The molecule has 3 heteroatoms. The molecular formula is C14H19ClFN. The van der Waals surface area contributed by atoms with E-state index in [0.717, 1.165) is 12.3 Å². The summed E-state index contributed by atoms with van der Waals surface area (Å²) in [6, 6.07) is 5.17. The fourth-order valence-corrected chi connectivity index (χ4v) is 2.94. The predicted molar refractivity (Wildman–Crippen MR) is 69.7 cm³/mol. The molecule has 0 aliphatic heterocycles. The Labute approximate surface area is 107 Å². The first-order valence-electron chi connectivity index (χ1n) is 6.35. The van der Waals surface area contributed by atoms with Gasteiger partial charge < -0.3 is 5.73 Å². The van der Waals surface area contributed by atoms with Crippen LogP contribution in [-0.2, 0) is 6.42 Å². The summed E-state index contributed by atoms with van der Waals surface area (Å²) < 4.78 is 13.7. The van der Waals surface area contributed by atoms with Crippen molar-refractivity contribution >= 4 is 11.6 Å². The molecule has 0 aromatic heterocycles. The summed E-state index contributed by atoms with van der Waals surface area (Å²) >= 11 is 5.75. The summed E-state index contributed by atoms with van der Waals surface area (Å²) in [4.78, 5) is 0. The molecule has 0 bridgehead atoms. The van der Waals surface area contributed by atoms with Gasteiger partial charge in [0.1, 0.15) is 5.82 Å². The van der Waals surface area contributed by atoms with Crippen LogP contribution in [0.1, 0.15) is 37.7 Å². The molecule has 0 heterocycles. The van der Waals surface area contributed by atoms with Gasteiger partial charge in [-0.2, -0.15) is 0 Å². The molecule has 2 N–H and O–H groups in total. The molecule has 1 aromatic rings. The number of halogens is 2. The molecule has 17 heavy (non-hydrogen) atoms. The Morgan fingerprint density at radius 1 is 1.35 bits per heavy atom. The van der Waals surface area contributed by atoms with Crippen molar-refractivity contribution in [1.29, 1.82) is 0 Å². The van der Waals surface area contributed by atoms with Crippen LogP contribution in [0.4, 0.5) is 4.39 Å². The van der Waals surface area contributed by atoms with Crippen molar-refractivity contribution in [2.75, 3.05) is 0 Å². The van der Waals surface area contributed by atoms with E-state index in [9.17, 15) is 4.39 Å². The van der Waals surface area contributed by atoms with Crippen molar-refractivity contribution in [2.24, 2.45) is 11.7 Å². The van der Waals surface area contributed by atoms with Gasteiger partial charge in [0.05, 0.1) is 5.02 Å². The van der Waals surface area contributed by atoms with Gasteiger partial charge in [-0.25, -0.2) is 4.39 Å². The molecule has 1 aliphatic rings. The van der Waals surface area contributed by atoms with E-state index in [1.165, 1.54) is 25.7 Å². The molecule has 2 rings (SSSR count). The second-order valence-electron chi connectivity index (χ2n) is 5.06. The third-order valence-corrected chi connectivity index (χ3v) is 3.92. The van der Waals surface area contributed by atoms with Crippen molar-refractivity contribution in [3.8, 4) is 0 Å². The Bertz CT molecular complexity index is 374. The maximum absolute atomic E-state index is 13.7. The average molecular weight is 256 g/mol. The monoisotopic (exact) mass is 255 g/mol. The second kappa shape index (κ2) is 5.83. The van der Waals surface area contributed by atoms with Gasteiger partial charge in [-0.3, -0.25) is 0 Å². The van der Waals surface area contributed by atoms with Crippen LogP contribution in [0.3, 0.4) is 0 Å². The smallest absolute Gasteiger partial charge is 0.145 e. The molecule has 0 spiro atoms. The quantitative estimate of drug-likeness (QED) is 0.867. The van der Waals surface area contributed by atoms with Gasteiger partial charge in [0.2, 0.25) is 0 Å². The Morgan fingerprint density at radius 3 is 2.76 bits per heavy atom. The Hall–Kier alpha value is -0.600. The van der Waals surface area contributed by atoms with E-state index < -0.39 is 0 Å².